The Hall–Kier alpha value is -2.68. The van der Waals surface area contributed by atoms with Gasteiger partial charge in [0.15, 0.2) is 11.5 Å². The number of rotatable bonds is 4. The molecule has 1 aromatic carbocycles. The highest BCUT2D eigenvalue weighted by Gasteiger charge is 2.19. The fraction of sp³-hybridized carbons (Fsp3) is 0.154. The molecule has 8 nitrogen and oxygen atoms in total. The van der Waals surface area contributed by atoms with E-state index in [1.54, 1.807) is 12.1 Å². The monoisotopic (exact) mass is 319 g/mol. The second kappa shape index (κ2) is 5.26. The number of benzene rings is 1. The summed E-state index contributed by atoms with van der Waals surface area (Å²) in [7, 11) is -3.83. The lowest BCUT2D eigenvalue weighted by molar-refractivity contribution is 0.601. The molecular weight excluding hydrogens is 306 g/mol. The second-order valence-electron chi connectivity index (χ2n) is 4.63. The van der Waals surface area contributed by atoms with Crippen molar-refractivity contribution in [3.05, 3.63) is 46.5 Å². The molecule has 0 unspecified atom stereocenters. The number of H-pyrrole nitrogens is 2. The van der Waals surface area contributed by atoms with Crippen LogP contribution in [0.25, 0.3) is 11.0 Å². The van der Waals surface area contributed by atoms with E-state index in [1.807, 2.05) is 6.92 Å². The van der Waals surface area contributed by atoms with E-state index >= 15 is 0 Å². The highest BCUT2D eigenvalue weighted by atomic mass is 32.2. The molecule has 3 rings (SSSR count). The van der Waals surface area contributed by atoms with E-state index in [4.69, 9.17) is 0 Å². The molecule has 0 aliphatic carbocycles. The van der Waals surface area contributed by atoms with Gasteiger partial charge in [0.2, 0.25) is 0 Å². The molecule has 22 heavy (non-hydrogen) atoms. The average Bonchev–Trinajstić information content (AvgIpc) is 2.91. The maximum atomic E-state index is 12.4. The first kappa shape index (κ1) is 14.3. The number of nitrogens with zero attached hydrogens (tertiary/aromatic N) is 2. The van der Waals surface area contributed by atoms with Crippen molar-refractivity contribution in [1.82, 2.24) is 20.2 Å². The highest BCUT2D eigenvalue weighted by Crippen LogP contribution is 2.19. The average molecular weight is 319 g/mol. The Morgan fingerprint density at radius 1 is 1.23 bits per heavy atom. The van der Waals surface area contributed by atoms with E-state index in [2.05, 4.69) is 24.9 Å². The third kappa shape index (κ3) is 2.46. The van der Waals surface area contributed by atoms with Crippen molar-refractivity contribution in [2.24, 2.45) is 0 Å². The molecule has 0 amide bonds. The molecule has 0 atom stereocenters. The summed E-state index contributed by atoms with van der Waals surface area (Å²) < 4.78 is 27.0. The number of sulfonamides is 1. The van der Waals surface area contributed by atoms with Crippen molar-refractivity contribution in [3.8, 4) is 0 Å². The summed E-state index contributed by atoms with van der Waals surface area (Å²) in [6.07, 6.45) is 2.03. The van der Waals surface area contributed by atoms with Crippen LogP contribution in [-0.4, -0.2) is 28.6 Å². The first-order valence-electron chi connectivity index (χ1n) is 6.55. The van der Waals surface area contributed by atoms with Gasteiger partial charge in [0.25, 0.3) is 15.6 Å². The quantitative estimate of drug-likeness (QED) is 0.662. The van der Waals surface area contributed by atoms with Crippen LogP contribution in [0.5, 0.6) is 0 Å². The summed E-state index contributed by atoms with van der Waals surface area (Å²) in [5.74, 6) is -0.0797. The highest BCUT2D eigenvalue weighted by molar-refractivity contribution is 7.92. The first-order chi connectivity index (χ1) is 10.5. The van der Waals surface area contributed by atoms with Crippen LogP contribution in [0.1, 0.15) is 12.5 Å². The predicted molar refractivity (Wildman–Crippen MR) is 81.1 cm³/mol. The van der Waals surface area contributed by atoms with Gasteiger partial charge in [-0.2, -0.15) is 5.10 Å². The minimum absolute atomic E-state index is 0.0660. The van der Waals surface area contributed by atoms with Gasteiger partial charge in [-0.15, -0.1) is 0 Å². The van der Waals surface area contributed by atoms with Gasteiger partial charge in [-0.3, -0.25) is 14.6 Å². The Balaban J connectivity index is 2.01. The van der Waals surface area contributed by atoms with Gasteiger partial charge in [-0.25, -0.2) is 13.4 Å². The number of aryl methyl sites for hydroxylation is 1. The summed E-state index contributed by atoms with van der Waals surface area (Å²) in [4.78, 5) is 18.1. The van der Waals surface area contributed by atoms with E-state index in [-0.39, 0.29) is 21.7 Å². The molecule has 9 heteroatoms. The van der Waals surface area contributed by atoms with Crippen molar-refractivity contribution in [3.63, 3.8) is 0 Å². The van der Waals surface area contributed by atoms with Crippen molar-refractivity contribution < 1.29 is 8.42 Å². The lowest BCUT2D eigenvalue weighted by Crippen LogP contribution is -2.15. The predicted octanol–water partition coefficient (Wildman–Crippen LogP) is 1.01. The Kier molecular flexibility index (Phi) is 3.41. The number of hydrogen-bond donors (Lipinski definition) is 3. The Bertz CT molecular complexity index is 973. The van der Waals surface area contributed by atoms with Crippen molar-refractivity contribution in [1.29, 1.82) is 0 Å². The number of fused-ring (bicyclic) bond motifs is 1. The van der Waals surface area contributed by atoms with E-state index in [1.165, 1.54) is 18.5 Å². The van der Waals surface area contributed by atoms with Crippen molar-refractivity contribution in [2.75, 3.05) is 4.72 Å². The van der Waals surface area contributed by atoms with Gasteiger partial charge in [0.1, 0.15) is 5.39 Å². The maximum absolute atomic E-state index is 12.4. The van der Waals surface area contributed by atoms with Crippen LogP contribution in [0.15, 0.2) is 40.3 Å². The van der Waals surface area contributed by atoms with Crippen molar-refractivity contribution >= 4 is 26.9 Å². The van der Waals surface area contributed by atoms with Gasteiger partial charge in [0, 0.05) is 0 Å². The fourth-order valence-electron chi connectivity index (χ4n) is 2.03. The van der Waals surface area contributed by atoms with Crippen LogP contribution < -0.4 is 10.3 Å². The van der Waals surface area contributed by atoms with Crippen LogP contribution in [0.3, 0.4) is 0 Å². The molecule has 2 heterocycles. The number of nitrogens with one attached hydrogen (secondary N) is 3. The molecule has 0 spiro atoms. The van der Waals surface area contributed by atoms with Crippen LogP contribution in [-0.2, 0) is 16.4 Å². The van der Waals surface area contributed by atoms with E-state index in [9.17, 15) is 13.2 Å². The van der Waals surface area contributed by atoms with Gasteiger partial charge in [-0.05, 0) is 24.1 Å². The summed E-state index contributed by atoms with van der Waals surface area (Å²) in [5, 5.41) is 6.38. The zero-order chi connectivity index (χ0) is 15.7. The number of anilines is 1. The maximum Gasteiger partial charge on any atom is 0.264 e. The molecule has 0 saturated heterocycles. The minimum Gasteiger partial charge on any atom is -0.312 e. The first-order valence-corrected chi connectivity index (χ1v) is 8.03. The third-order valence-corrected chi connectivity index (χ3v) is 4.59. The molecule has 3 N–H and O–H groups in total. The summed E-state index contributed by atoms with van der Waals surface area (Å²) in [5.41, 5.74) is 0.769. The SMILES string of the molecule is CCc1ccc(S(=O)(=O)Nc2n[nH]c3nc[nH]c(=O)c23)cc1. The number of aromatic nitrogens is 4. The van der Waals surface area contributed by atoms with Crippen molar-refractivity contribution in [2.45, 2.75) is 18.2 Å². The summed E-state index contributed by atoms with van der Waals surface area (Å²) in [6, 6.07) is 6.51. The van der Waals surface area contributed by atoms with Crippen LogP contribution in [0.4, 0.5) is 5.82 Å². The van der Waals surface area contributed by atoms with Crippen LogP contribution in [0, 0.1) is 0 Å². The Morgan fingerprint density at radius 3 is 2.64 bits per heavy atom. The summed E-state index contributed by atoms with van der Waals surface area (Å²) >= 11 is 0. The van der Waals surface area contributed by atoms with Crippen LogP contribution >= 0.6 is 0 Å². The molecule has 0 radical (unpaired) electrons. The van der Waals surface area contributed by atoms with Gasteiger partial charge < -0.3 is 4.98 Å². The van der Waals surface area contributed by atoms with Crippen LogP contribution in [0.2, 0.25) is 0 Å². The lowest BCUT2D eigenvalue weighted by Gasteiger charge is -2.06. The molecule has 3 aromatic rings. The molecule has 0 saturated carbocycles. The van der Waals surface area contributed by atoms with E-state index < -0.39 is 15.6 Å². The molecule has 0 fully saturated rings. The molecule has 0 aliphatic rings. The van der Waals surface area contributed by atoms with Gasteiger partial charge in [-0.1, -0.05) is 19.1 Å². The largest absolute Gasteiger partial charge is 0.312 e. The standard InChI is InChI=1S/C13H13N5O3S/c1-2-8-3-5-9(6-4-8)22(20,21)18-12-10-11(16-17-12)14-7-15-13(10)19/h3-7H,2H2,1H3,(H3,14,15,16,17,18,19). The Morgan fingerprint density at radius 2 is 1.95 bits per heavy atom. The smallest absolute Gasteiger partial charge is 0.264 e. The fourth-order valence-corrected chi connectivity index (χ4v) is 3.05. The topological polar surface area (TPSA) is 121 Å². The molecule has 0 aliphatic heterocycles. The summed E-state index contributed by atoms with van der Waals surface area (Å²) in [6.45, 7) is 1.98. The van der Waals surface area contributed by atoms with Gasteiger partial charge >= 0.3 is 0 Å². The van der Waals surface area contributed by atoms with Gasteiger partial charge in [0.05, 0.1) is 11.2 Å². The number of hydrogen-bond acceptors (Lipinski definition) is 5. The lowest BCUT2D eigenvalue weighted by atomic mass is 10.2. The molecule has 114 valence electrons. The zero-order valence-electron chi connectivity index (χ0n) is 11.6. The minimum atomic E-state index is -3.83. The number of aromatic amines is 2. The normalized spacial score (nSPS) is 11.7. The molecular formula is C13H13N5O3S. The molecule has 0 bridgehead atoms. The zero-order valence-corrected chi connectivity index (χ0v) is 12.4. The third-order valence-electron chi connectivity index (χ3n) is 3.24. The second-order valence-corrected chi connectivity index (χ2v) is 6.31. The van der Waals surface area contributed by atoms with E-state index in [0.29, 0.717) is 0 Å². The Labute approximate surface area is 125 Å². The van der Waals surface area contributed by atoms with E-state index in [0.717, 1.165) is 12.0 Å². The molecule has 2 aromatic heterocycles.